The number of esters is 1. The Morgan fingerprint density at radius 3 is 2.79 bits per heavy atom. The molecule has 0 spiro atoms. The van der Waals surface area contributed by atoms with Crippen LogP contribution in [0.4, 0.5) is 4.39 Å². The van der Waals surface area contributed by atoms with Gasteiger partial charge in [0, 0.05) is 6.42 Å². The second-order valence-corrected chi connectivity index (χ2v) is 5.38. The van der Waals surface area contributed by atoms with Crippen molar-refractivity contribution in [2.45, 2.75) is 57.2 Å². The van der Waals surface area contributed by atoms with Gasteiger partial charge in [-0.1, -0.05) is 31.5 Å². The molecular formula is C16H21FO2. The van der Waals surface area contributed by atoms with Gasteiger partial charge in [0.05, 0.1) is 5.56 Å². The first-order chi connectivity index (χ1) is 9.15. The lowest BCUT2D eigenvalue weighted by atomic mass is 9.80. The zero-order valence-electron chi connectivity index (χ0n) is 11.4. The van der Waals surface area contributed by atoms with Crippen LogP contribution in [0.1, 0.15) is 55.8 Å². The molecule has 1 aliphatic carbocycles. The molecule has 2 unspecified atom stereocenters. The van der Waals surface area contributed by atoms with Crippen LogP contribution in [-0.2, 0) is 4.74 Å². The van der Waals surface area contributed by atoms with Crippen LogP contribution in [0.5, 0.6) is 0 Å². The predicted octanol–water partition coefficient (Wildman–Crippen LogP) is 4.29. The fourth-order valence-electron chi connectivity index (χ4n) is 2.91. The zero-order chi connectivity index (χ0) is 13.7. The number of hydrogen-bond acceptors (Lipinski definition) is 2. The quantitative estimate of drug-likeness (QED) is 0.758. The summed E-state index contributed by atoms with van der Waals surface area (Å²) in [5.74, 6) is -0.330. The van der Waals surface area contributed by atoms with Crippen molar-refractivity contribution in [3.05, 3.63) is 35.9 Å². The highest BCUT2D eigenvalue weighted by atomic mass is 19.1. The number of carbonyl (C=O) groups excluding carboxylic acids is 1. The number of halogens is 1. The molecule has 1 saturated carbocycles. The second kappa shape index (κ2) is 6.18. The minimum atomic E-state index is -0.844. The van der Waals surface area contributed by atoms with Crippen molar-refractivity contribution >= 4 is 5.97 Å². The van der Waals surface area contributed by atoms with E-state index in [0.29, 0.717) is 18.4 Å². The Morgan fingerprint density at radius 1 is 1.42 bits per heavy atom. The molecule has 104 valence electrons. The molecule has 2 atom stereocenters. The summed E-state index contributed by atoms with van der Waals surface area (Å²) in [7, 11) is 0. The van der Waals surface area contributed by atoms with E-state index in [1.807, 2.05) is 25.1 Å². The monoisotopic (exact) mass is 264 g/mol. The number of hydrogen-bond donors (Lipinski definition) is 0. The van der Waals surface area contributed by atoms with Gasteiger partial charge in [-0.2, -0.15) is 0 Å². The van der Waals surface area contributed by atoms with Gasteiger partial charge >= 0.3 is 5.97 Å². The average molecular weight is 264 g/mol. The Bertz CT molecular complexity index is 414. The molecule has 0 aromatic heterocycles. The minimum Gasteiger partial charge on any atom is -0.455 e. The molecule has 0 aliphatic heterocycles. The fraction of sp³-hybridized carbons (Fsp3) is 0.562. The first kappa shape index (κ1) is 14.0. The molecule has 3 heteroatoms. The summed E-state index contributed by atoms with van der Waals surface area (Å²) >= 11 is 0. The van der Waals surface area contributed by atoms with Crippen LogP contribution < -0.4 is 0 Å². The van der Waals surface area contributed by atoms with E-state index in [0.717, 1.165) is 25.7 Å². The maximum atomic E-state index is 13.7. The number of carbonyl (C=O) groups is 1. The van der Waals surface area contributed by atoms with Gasteiger partial charge in [-0.15, -0.1) is 0 Å². The minimum absolute atomic E-state index is 0.330. The summed E-state index contributed by atoms with van der Waals surface area (Å²) in [6, 6.07) is 8.94. The molecule has 1 aliphatic rings. The Labute approximate surface area is 114 Å². The lowest BCUT2D eigenvalue weighted by Crippen LogP contribution is -2.40. The fourth-order valence-corrected chi connectivity index (χ4v) is 2.91. The van der Waals surface area contributed by atoms with Crippen LogP contribution in [0.3, 0.4) is 0 Å². The van der Waals surface area contributed by atoms with E-state index in [1.165, 1.54) is 0 Å². The topological polar surface area (TPSA) is 26.3 Å². The number of rotatable bonds is 4. The van der Waals surface area contributed by atoms with E-state index in [-0.39, 0.29) is 5.97 Å². The van der Waals surface area contributed by atoms with E-state index in [9.17, 15) is 9.18 Å². The first-order valence-corrected chi connectivity index (χ1v) is 7.08. The van der Waals surface area contributed by atoms with Crippen LogP contribution in [0.15, 0.2) is 30.3 Å². The molecule has 1 aromatic carbocycles. The van der Waals surface area contributed by atoms with Crippen molar-refractivity contribution in [2.24, 2.45) is 0 Å². The molecule has 0 saturated heterocycles. The van der Waals surface area contributed by atoms with E-state index >= 15 is 0 Å². The van der Waals surface area contributed by atoms with Gasteiger partial charge < -0.3 is 4.74 Å². The van der Waals surface area contributed by atoms with Crippen LogP contribution in [0.2, 0.25) is 0 Å². The van der Waals surface area contributed by atoms with E-state index in [1.54, 1.807) is 12.1 Å². The highest BCUT2D eigenvalue weighted by Gasteiger charge is 2.39. The van der Waals surface area contributed by atoms with Crippen molar-refractivity contribution in [2.75, 3.05) is 0 Å². The Balaban J connectivity index is 2.10. The maximum absolute atomic E-state index is 13.7. The summed E-state index contributed by atoms with van der Waals surface area (Å²) < 4.78 is 19.4. The van der Waals surface area contributed by atoms with Gasteiger partial charge in [0.15, 0.2) is 0 Å². The van der Waals surface area contributed by atoms with Crippen LogP contribution >= 0.6 is 0 Å². The molecule has 19 heavy (non-hydrogen) atoms. The predicted molar refractivity (Wildman–Crippen MR) is 72.9 cm³/mol. The van der Waals surface area contributed by atoms with Gasteiger partial charge in [0.1, 0.15) is 11.8 Å². The van der Waals surface area contributed by atoms with Gasteiger partial charge in [-0.3, -0.25) is 0 Å². The lowest BCUT2D eigenvalue weighted by Gasteiger charge is -2.38. The molecule has 0 heterocycles. The summed E-state index contributed by atoms with van der Waals surface area (Å²) in [4.78, 5) is 12.2. The molecule has 0 amide bonds. The molecule has 0 N–H and O–H groups in total. The SMILES string of the molecule is CCCC1(OC(=O)c2ccccc2)CCCC(F)C1. The zero-order valence-corrected chi connectivity index (χ0v) is 11.4. The molecule has 1 fully saturated rings. The highest BCUT2D eigenvalue weighted by Crippen LogP contribution is 2.37. The first-order valence-electron chi connectivity index (χ1n) is 7.08. The van der Waals surface area contributed by atoms with Gasteiger partial charge in [-0.25, -0.2) is 9.18 Å². The van der Waals surface area contributed by atoms with Crippen LogP contribution in [0, 0.1) is 0 Å². The average Bonchev–Trinajstić information content (AvgIpc) is 2.40. The molecule has 0 radical (unpaired) electrons. The number of alkyl halides is 1. The molecule has 1 aromatic rings. The van der Waals surface area contributed by atoms with Gasteiger partial charge in [-0.05, 0) is 37.8 Å². The summed E-state index contributed by atoms with van der Waals surface area (Å²) in [5, 5.41) is 0. The van der Waals surface area contributed by atoms with Crippen LogP contribution in [0.25, 0.3) is 0 Å². The Kier molecular flexibility index (Phi) is 4.56. The van der Waals surface area contributed by atoms with Crippen molar-refractivity contribution in [3.63, 3.8) is 0 Å². The lowest BCUT2D eigenvalue weighted by molar-refractivity contribution is -0.0579. The molecule has 0 bridgehead atoms. The standard InChI is InChI=1S/C16H21FO2/c1-2-10-16(11-6-9-14(17)12-16)19-15(18)13-7-4-3-5-8-13/h3-5,7-8,14H,2,6,9-12H2,1H3. The Hall–Kier alpha value is -1.38. The van der Waals surface area contributed by atoms with E-state index in [4.69, 9.17) is 4.74 Å². The third-order valence-corrected chi connectivity index (χ3v) is 3.77. The van der Waals surface area contributed by atoms with Gasteiger partial charge in [0.2, 0.25) is 0 Å². The maximum Gasteiger partial charge on any atom is 0.338 e. The third-order valence-electron chi connectivity index (χ3n) is 3.77. The highest BCUT2D eigenvalue weighted by molar-refractivity contribution is 5.89. The third kappa shape index (κ3) is 3.55. The summed E-state index contributed by atoms with van der Waals surface area (Å²) in [6.07, 6.45) is 3.31. The summed E-state index contributed by atoms with van der Waals surface area (Å²) in [5.41, 5.74) is -0.0572. The van der Waals surface area contributed by atoms with Gasteiger partial charge in [0.25, 0.3) is 0 Å². The molecule has 2 nitrogen and oxygen atoms in total. The van der Waals surface area contributed by atoms with Crippen LogP contribution in [-0.4, -0.2) is 17.7 Å². The summed E-state index contributed by atoms with van der Waals surface area (Å²) in [6.45, 7) is 2.04. The Morgan fingerprint density at radius 2 is 2.16 bits per heavy atom. The van der Waals surface area contributed by atoms with Crippen molar-refractivity contribution in [3.8, 4) is 0 Å². The largest absolute Gasteiger partial charge is 0.455 e. The second-order valence-electron chi connectivity index (χ2n) is 5.38. The van der Waals surface area contributed by atoms with E-state index in [2.05, 4.69) is 0 Å². The number of benzene rings is 1. The number of ether oxygens (including phenoxy) is 1. The van der Waals surface area contributed by atoms with Crippen molar-refractivity contribution < 1.29 is 13.9 Å². The smallest absolute Gasteiger partial charge is 0.338 e. The molecular weight excluding hydrogens is 243 g/mol. The van der Waals surface area contributed by atoms with Crippen molar-refractivity contribution in [1.29, 1.82) is 0 Å². The van der Waals surface area contributed by atoms with Crippen molar-refractivity contribution in [1.82, 2.24) is 0 Å². The normalized spacial score (nSPS) is 26.9. The van der Waals surface area contributed by atoms with E-state index < -0.39 is 11.8 Å². The molecule has 2 rings (SSSR count).